The van der Waals surface area contributed by atoms with Crippen LogP contribution in [0.1, 0.15) is 0 Å². The van der Waals surface area contributed by atoms with Crippen LogP contribution in [0.4, 0.5) is 10.2 Å². The van der Waals surface area contributed by atoms with Crippen molar-refractivity contribution in [1.29, 1.82) is 0 Å². The molecule has 0 amide bonds. The highest BCUT2D eigenvalue weighted by Crippen LogP contribution is 2.32. The van der Waals surface area contributed by atoms with Crippen LogP contribution in [-0.2, 0) is 0 Å². The molecule has 0 saturated heterocycles. The number of hydrogen-bond acceptors (Lipinski definition) is 2. The zero-order valence-electron chi connectivity index (χ0n) is 9.57. The molecule has 0 atom stereocenters. The first kappa shape index (κ1) is 12.3. The van der Waals surface area contributed by atoms with Crippen molar-refractivity contribution in [3.05, 3.63) is 52.4 Å². The van der Waals surface area contributed by atoms with E-state index in [9.17, 15) is 4.39 Å². The van der Waals surface area contributed by atoms with Gasteiger partial charge in [0.25, 0.3) is 0 Å². The van der Waals surface area contributed by atoms with Gasteiger partial charge in [-0.1, -0.05) is 29.3 Å². The lowest BCUT2D eigenvalue weighted by atomic mass is 10.1. The van der Waals surface area contributed by atoms with Crippen molar-refractivity contribution in [2.45, 2.75) is 0 Å². The van der Waals surface area contributed by atoms with E-state index in [1.165, 1.54) is 6.07 Å². The molecular formula is C13H8Cl2FN3. The number of pyridine rings is 1. The van der Waals surface area contributed by atoms with Gasteiger partial charge in [0, 0.05) is 11.8 Å². The quantitative estimate of drug-likeness (QED) is 0.736. The van der Waals surface area contributed by atoms with E-state index >= 15 is 0 Å². The van der Waals surface area contributed by atoms with Crippen LogP contribution in [0.2, 0.25) is 10.0 Å². The molecular weight excluding hydrogens is 288 g/mol. The fraction of sp³-hybridized carbons (Fsp3) is 0. The van der Waals surface area contributed by atoms with Crippen molar-refractivity contribution in [3.8, 4) is 11.3 Å². The topological polar surface area (TPSA) is 43.3 Å². The van der Waals surface area contributed by atoms with E-state index in [0.29, 0.717) is 22.2 Å². The summed E-state index contributed by atoms with van der Waals surface area (Å²) in [5.74, 6) is -0.228. The van der Waals surface area contributed by atoms with Crippen molar-refractivity contribution >= 4 is 34.7 Å². The molecule has 3 nitrogen and oxygen atoms in total. The summed E-state index contributed by atoms with van der Waals surface area (Å²) in [6, 6.07) is 8.13. The Labute approximate surface area is 118 Å². The summed E-state index contributed by atoms with van der Waals surface area (Å²) < 4.78 is 15.6. The molecule has 3 rings (SSSR count). The summed E-state index contributed by atoms with van der Waals surface area (Å²) in [4.78, 5) is 4.29. The Balaban J connectivity index is 2.35. The monoisotopic (exact) mass is 295 g/mol. The molecule has 0 aliphatic heterocycles. The maximum Gasteiger partial charge on any atom is 0.157 e. The van der Waals surface area contributed by atoms with Gasteiger partial charge in [0.1, 0.15) is 11.5 Å². The van der Waals surface area contributed by atoms with E-state index in [-0.39, 0.29) is 10.6 Å². The fourth-order valence-electron chi connectivity index (χ4n) is 1.94. The van der Waals surface area contributed by atoms with Gasteiger partial charge in [-0.3, -0.25) is 4.40 Å². The molecule has 0 bridgehead atoms. The minimum Gasteiger partial charge on any atom is -0.383 e. The predicted molar refractivity (Wildman–Crippen MR) is 75.0 cm³/mol. The van der Waals surface area contributed by atoms with Gasteiger partial charge in [-0.15, -0.1) is 0 Å². The summed E-state index contributed by atoms with van der Waals surface area (Å²) >= 11 is 11.8. The standard InChI is InChI=1S/C13H8Cl2FN3/c14-8-4-1-3-7(10(8)16)11-12(17)19-6-2-5-9(15)13(19)18-11/h1-6H,17H2. The van der Waals surface area contributed by atoms with Gasteiger partial charge >= 0.3 is 0 Å². The van der Waals surface area contributed by atoms with Crippen LogP contribution in [0.25, 0.3) is 16.9 Å². The number of nitrogens with two attached hydrogens (primary N) is 1. The maximum atomic E-state index is 14.0. The van der Waals surface area contributed by atoms with Crippen molar-refractivity contribution in [2.75, 3.05) is 5.73 Å². The number of rotatable bonds is 1. The number of nitrogens with zero attached hydrogens (tertiary/aromatic N) is 2. The lowest BCUT2D eigenvalue weighted by molar-refractivity contribution is 0.631. The molecule has 0 fully saturated rings. The highest BCUT2D eigenvalue weighted by molar-refractivity contribution is 6.33. The number of halogens is 3. The van der Waals surface area contributed by atoms with E-state index in [0.717, 1.165) is 0 Å². The molecule has 0 aliphatic rings. The molecule has 0 aliphatic carbocycles. The minimum atomic E-state index is -0.546. The third-order valence-corrected chi connectivity index (χ3v) is 3.43. The van der Waals surface area contributed by atoms with Crippen molar-refractivity contribution in [1.82, 2.24) is 9.38 Å². The molecule has 0 saturated carbocycles. The Morgan fingerprint density at radius 1 is 1.11 bits per heavy atom. The van der Waals surface area contributed by atoms with Crippen LogP contribution < -0.4 is 5.73 Å². The largest absolute Gasteiger partial charge is 0.383 e. The first-order valence-electron chi connectivity index (χ1n) is 5.46. The zero-order valence-corrected chi connectivity index (χ0v) is 11.1. The number of imidazole rings is 1. The van der Waals surface area contributed by atoms with Gasteiger partial charge in [0.15, 0.2) is 11.5 Å². The second-order valence-corrected chi connectivity index (χ2v) is 4.81. The van der Waals surface area contributed by atoms with Crippen LogP contribution >= 0.6 is 23.2 Å². The molecule has 0 radical (unpaired) electrons. The van der Waals surface area contributed by atoms with Crippen molar-refractivity contribution in [2.24, 2.45) is 0 Å². The molecule has 19 heavy (non-hydrogen) atoms. The fourth-order valence-corrected chi connectivity index (χ4v) is 2.32. The Bertz CT molecular complexity index is 783. The third-order valence-electron chi connectivity index (χ3n) is 2.85. The summed E-state index contributed by atoms with van der Waals surface area (Å²) in [5, 5.41) is 0.475. The van der Waals surface area contributed by atoms with Gasteiger partial charge in [0.05, 0.1) is 10.0 Å². The number of benzene rings is 1. The lowest BCUT2D eigenvalue weighted by Crippen LogP contribution is -1.95. The zero-order chi connectivity index (χ0) is 13.6. The van der Waals surface area contributed by atoms with Crippen LogP contribution in [0.15, 0.2) is 36.5 Å². The van der Waals surface area contributed by atoms with Crippen LogP contribution in [0.5, 0.6) is 0 Å². The number of fused-ring (bicyclic) bond motifs is 1. The second-order valence-electron chi connectivity index (χ2n) is 4.00. The van der Waals surface area contributed by atoms with Gasteiger partial charge in [-0.2, -0.15) is 0 Å². The Kier molecular flexibility index (Phi) is 2.84. The average molecular weight is 296 g/mol. The molecule has 2 heterocycles. The Morgan fingerprint density at radius 2 is 1.84 bits per heavy atom. The maximum absolute atomic E-state index is 14.0. The average Bonchev–Trinajstić information content (AvgIpc) is 2.72. The first-order valence-corrected chi connectivity index (χ1v) is 6.21. The van der Waals surface area contributed by atoms with E-state index < -0.39 is 5.82 Å². The van der Waals surface area contributed by atoms with E-state index in [2.05, 4.69) is 4.98 Å². The summed E-state index contributed by atoms with van der Waals surface area (Å²) in [6.45, 7) is 0. The SMILES string of the molecule is Nc1c(-c2cccc(Cl)c2F)nc2c(Cl)cccn12. The highest BCUT2D eigenvalue weighted by Gasteiger charge is 2.17. The molecule has 2 N–H and O–H groups in total. The normalized spacial score (nSPS) is 11.1. The molecule has 2 aromatic heterocycles. The predicted octanol–water partition coefficient (Wildman–Crippen LogP) is 4.03. The second kappa shape index (κ2) is 4.40. The number of hydrogen-bond donors (Lipinski definition) is 1. The summed E-state index contributed by atoms with van der Waals surface area (Å²) in [6.07, 6.45) is 1.72. The van der Waals surface area contributed by atoms with Crippen LogP contribution in [0, 0.1) is 5.82 Å². The molecule has 0 spiro atoms. The van der Waals surface area contributed by atoms with E-state index in [1.807, 2.05) is 0 Å². The van der Waals surface area contributed by atoms with Gasteiger partial charge in [-0.25, -0.2) is 9.37 Å². The molecule has 96 valence electrons. The Morgan fingerprint density at radius 3 is 2.58 bits per heavy atom. The van der Waals surface area contributed by atoms with Crippen molar-refractivity contribution in [3.63, 3.8) is 0 Å². The third kappa shape index (κ3) is 1.84. The van der Waals surface area contributed by atoms with E-state index in [4.69, 9.17) is 28.9 Å². The van der Waals surface area contributed by atoms with Crippen LogP contribution in [0.3, 0.4) is 0 Å². The highest BCUT2D eigenvalue weighted by atomic mass is 35.5. The molecule has 6 heteroatoms. The molecule has 0 unspecified atom stereocenters. The Hall–Kier alpha value is -1.78. The minimum absolute atomic E-state index is 0.0278. The molecule has 3 aromatic rings. The van der Waals surface area contributed by atoms with Crippen LogP contribution in [-0.4, -0.2) is 9.38 Å². The summed E-state index contributed by atoms with van der Waals surface area (Å²) in [7, 11) is 0. The van der Waals surface area contributed by atoms with E-state index in [1.54, 1.807) is 34.9 Å². The number of aromatic nitrogens is 2. The molecule has 1 aromatic carbocycles. The first-order chi connectivity index (χ1) is 9.09. The van der Waals surface area contributed by atoms with Gasteiger partial charge in [0.2, 0.25) is 0 Å². The smallest absolute Gasteiger partial charge is 0.157 e. The summed E-state index contributed by atoms with van der Waals surface area (Å²) in [5.41, 5.74) is 7.05. The van der Waals surface area contributed by atoms with Crippen molar-refractivity contribution < 1.29 is 4.39 Å². The number of nitrogen functional groups attached to an aromatic ring is 1. The van der Waals surface area contributed by atoms with Gasteiger partial charge in [-0.05, 0) is 24.3 Å². The number of anilines is 1. The van der Waals surface area contributed by atoms with Gasteiger partial charge < -0.3 is 5.73 Å². The lowest BCUT2D eigenvalue weighted by Gasteiger charge is -2.02.